The molecule has 1 heterocycles. The van der Waals surface area contributed by atoms with Crippen LogP contribution >= 0.6 is 27.7 Å². The van der Waals surface area contributed by atoms with Crippen LogP contribution in [0.25, 0.3) is 0 Å². The molecule has 0 atom stereocenters. The molecule has 4 heteroatoms. The molecule has 0 bridgehead atoms. The van der Waals surface area contributed by atoms with Gasteiger partial charge in [0.25, 0.3) is 0 Å². The summed E-state index contributed by atoms with van der Waals surface area (Å²) in [5, 5.41) is 9.09. The summed E-state index contributed by atoms with van der Waals surface area (Å²) in [6.45, 7) is 4.17. The van der Waals surface area contributed by atoms with E-state index in [0.717, 1.165) is 9.37 Å². The van der Waals surface area contributed by atoms with Gasteiger partial charge < -0.3 is 5.11 Å². The Morgan fingerprint density at radius 3 is 2.85 bits per heavy atom. The Bertz CT molecular complexity index is 291. The quantitative estimate of drug-likeness (QED) is 0.850. The monoisotopic (exact) mass is 261 g/mol. The van der Waals surface area contributed by atoms with E-state index in [0.29, 0.717) is 0 Å². The van der Waals surface area contributed by atoms with Gasteiger partial charge in [0.15, 0.2) is 0 Å². The van der Waals surface area contributed by atoms with Gasteiger partial charge in [0.2, 0.25) is 0 Å². The number of thioether (sulfide) groups is 1. The highest BCUT2D eigenvalue weighted by Crippen LogP contribution is 2.35. The van der Waals surface area contributed by atoms with E-state index >= 15 is 0 Å². The van der Waals surface area contributed by atoms with E-state index in [2.05, 4.69) is 20.9 Å². The van der Waals surface area contributed by atoms with Gasteiger partial charge in [-0.1, -0.05) is 0 Å². The van der Waals surface area contributed by atoms with Crippen LogP contribution in [0, 0.1) is 0 Å². The molecule has 1 N–H and O–H groups in total. The maximum absolute atomic E-state index is 9.09. The van der Waals surface area contributed by atoms with Gasteiger partial charge in [-0.2, -0.15) is 0 Å². The van der Waals surface area contributed by atoms with Crippen LogP contribution in [-0.4, -0.2) is 21.4 Å². The fraction of sp³-hybridized carbons (Fsp3) is 0.444. The maximum atomic E-state index is 9.09. The van der Waals surface area contributed by atoms with Crippen molar-refractivity contribution in [3.05, 3.63) is 22.9 Å². The number of aliphatic hydroxyl groups excluding tert-OH is 1. The number of halogens is 1. The standard InChI is InChI=1S/C9H12BrNOS/c1-9(2,6-12)13-8-3-4-11-5-7(8)10/h3-5,12H,6H2,1-2H3. The topological polar surface area (TPSA) is 33.1 Å². The molecule has 0 spiro atoms. The zero-order chi connectivity index (χ0) is 9.90. The SMILES string of the molecule is CC(C)(CO)Sc1ccncc1Br. The molecule has 1 aromatic heterocycles. The molecule has 0 saturated heterocycles. The van der Waals surface area contributed by atoms with Gasteiger partial charge in [-0.25, -0.2) is 0 Å². The Morgan fingerprint density at radius 2 is 2.31 bits per heavy atom. The molecule has 2 nitrogen and oxygen atoms in total. The van der Waals surface area contributed by atoms with Crippen LogP contribution in [0.15, 0.2) is 27.8 Å². The molecule has 1 rings (SSSR count). The third kappa shape index (κ3) is 3.29. The Labute approximate surface area is 90.9 Å². The molecule has 72 valence electrons. The maximum Gasteiger partial charge on any atom is 0.0576 e. The van der Waals surface area contributed by atoms with Crippen LogP contribution in [0.3, 0.4) is 0 Å². The summed E-state index contributed by atoms with van der Waals surface area (Å²) in [5.74, 6) is 0. The fourth-order valence-corrected chi connectivity index (χ4v) is 2.21. The molecule has 0 unspecified atom stereocenters. The third-order valence-electron chi connectivity index (χ3n) is 1.50. The highest BCUT2D eigenvalue weighted by atomic mass is 79.9. The minimum Gasteiger partial charge on any atom is -0.395 e. The average molecular weight is 262 g/mol. The number of rotatable bonds is 3. The minimum absolute atomic E-state index is 0.149. The summed E-state index contributed by atoms with van der Waals surface area (Å²) in [7, 11) is 0. The van der Waals surface area contributed by atoms with Crippen molar-refractivity contribution >= 4 is 27.7 Å². The number of hydrogen-bond acceptors (Lipinski definition) is 3. The zero-order valence-electron chi connectivity index (χ0n) is 7.62. The van der Waals surface area contributed by atoms with Crippen LogP contribution in [-0.2, 0) is 0 Å². The predicted octanol–water partition coefficient (Wildman–Crippen LogP) is 2.71. The first-order valence-corrected chi connectivity index (χ1v) is 5.55. The fourth-order valence-electron chi connectivity index (χ4n) is 0.775. The molecular formula is C9H12BrNOS. The Kier molecular flexibility index (Phi) is 3.76. The van der Waals surface area contributed by atoms with Crippen LogP contribution in [0.5, 0.6) is 0 Å². The van der Waals surface area contributed by atoms with Gasteiger partial charge in [0, 0.05) is 26.5 Å². The van der Waals surface area contributed by atoms with Crippen molar-refractivity contribution in [3.8, 4) is 0 Å². The molecule has 0 aliphatic carbocycles. The summed E-state index contributed by atoms with van der Waals surface area (Å²) >= 11 is 5.05. The Morgan fingerprint density at radius 1 is 1.62 bits per heavy atom. The predicted molar refractivity (Wildman–Crippen MR) is 59.0 cm³/mol. The van der Waals surface area contributed by atoms with Gasteiger partial charge in [-0.3, -0.25) is 4.98 Å². The van der Waals surface area contributed by atoms with Gasteiger partial charge in [0.1, 0.15) is 0 Å². The van der Waals surface area contributed by atoms with Gasteiger partial charge in [0.05, 0.1) is 6.61 Å². The van der Waals surface area contributed by atoms with E-state index < -0.39 is 0 Å². The lowest BCUT2D eigenvalue weighted by molar-refractivity contribution is 0.265. The first-order valence-electron chi connectivity index (χ1n) is 3.94. The first-order chi connectivity index (χ1) is 6.05. The molecule has 0 fully saturated rings. The second-order valence-electron chi connectivity index (χ2n) is 3.33. The molecule has 0 radical (unpaired) electrons. The van der Waals surface area contributed by atoms with E-state index in [4.69, 9.17) is 5.11 Å². The Hall–Kier alpha value is -0.0600. The first kappa shape index (κ1) is 11.0. The molecule has 13 heavy (non-hydrogen) atoms. The smallest absolute Gasteiger partial charge is 0.0576 e. The van der Waals surface area contributed by atoms with Crippen molar-refractivity contribution in [2.75, 3.05) is 6.61 Å². The Balaban J connectivity index is 2.80. The molecule has 0 amide bonds. The van der Waals surface area contributed by atoms with Crippen molar-refractivity contribution in [3.63, 3.8) is 0 Å². The second kappa shape index (κ2) is 4.44. The highest BCUT2D eigenvalue weighted by molar-refractivity contribution is 9.10. The normalized spacial score (nSPS) is 11.7. The number of aromatic nitrogens is 1. The van der Waals surface area contributed by atoms with E-state index in [1.165, 1.54) is 0 Å². The number of hydrogen-bond donors (Lipinski definition) is 1. The number of aliphatic hydroxyl groups is 1. The van der Waals surface area contributed by atoms with Crippen LogP contribution in [0.2, 0.25) is 0 Å². The average Bonchev–Trinajstić information content (AvgIpc) is 2.09. The summed E-state index contributed by atoms with van der Waals surface area (Å²) in [6.07, 6.45) is 3.51. The lowest BCUT2D eigenvalue weighted by atomic mass is 10.2. The summed E-state index contributed by atoms with van der Waals surface area (Å²) in [5.41, 5.74) is 0. The van der Waals surface area contributed by atoms with Crippen LogP contribution in [0.1, 0.15) is 13.8 Å². The van der Waals surface area contributed by atoms with Gasteiger partial charge in [-0.15, -0.1) is 11.8 Å². The molecule has 0 saturated carbocycles. The molecular weight excluding hydrogens is 250 g/mol. The molecule has 0 aromatic carbocycles. The zero-order valence-corrected chi connectivity index (χ0v) is 10.0. The summed E-state index contributed by atoms with van der Waals surface area (Å²) in [6, 6.07) is 1.94. The number of nitrogens with zero attached hydrogens (tertiary/aromatic N) is 1. The highest BCUT2D eigenvalue weighted by Gasteiger charge is 2.19. The third-order valence-corrected chi connectivity index (χ3v) is 3.65. The molecule has 0 aliphatic heterocycles. The summed E-state index contributed by atoms with van der Waals surface area (Å²) < 4.78 is 0.825. The number of pyridine rings is 1. The lowest BCUT2D eigenvalue weighted by Gasteiger charge is -2.21. The van der Waals surface area contributed by atoms with Crippen LogP contribution < -0.4 is 0 Å². The van der Waals surface area contributed by atoms with Crippen molar-refractivity contribution in [1.82, 2.24) is 4.98 Å². The lowest BCUT2D eigenvalue weighted by Crippen LogP contribution is -2.19. The van der Waals surface area contributed by atoms with E-state index in [-0.39, 0.29) is 11.4 Å². The van der Waals surface area contributed by atoms with Gasteiger partial charge in [-0.05, 0) is 35.8 Å². The largest absolute Gasteiger partial charge is 0.395 e. The van der Waals surface area contributed by atoms with E-state index in [1.807, 2.05) is 19.9 Å². The van der Waals surface area contributed by atoms with Crippen molar-refractivity contribution in [2.24, 2.45) is 0 Å². The van der Waals surface area contributed by atoms with E-state index in [9.17, 15) is 0 Å². The van der Waals surface area contributed by atoms with Crippen LogP contribution in [0.4, 0.5) is 0 Å². The van der Waals surface area contributed by atoms with Crippen molar-refractivity contribution < 1.29 is 5.11 Å². The minimum atomic E-state index is -0.149. The van der Waals surface area contributed by atoms with Crippen molar-refractivity contribution in [1.29, 1.82) is 0 Å². The molecule has 0 aliphatic rings. The van der Waals surface area contributed by atoms with Crippen molar-refractivity contribution in [2.45, 2.75) is 23.5 Å². The summed E-state index contributed by atoms with van der Waals surface area (Å²) in [4.78, 5) is 5.08. The molecule has 1 aromatic rings. The second-order valence-corrected chi connectivity index (χ2v) is 5.93. The van der Waals surface area contributed by atoms with E-state index in [1.54, 1.807) is 24.2 Å². The van der Waals surface area contributed by atoms with Gasteiger partial charge >= 0.3 is 0 Å².